The molecule has 0 spiro atoms. The van der Waals surface area contributed by atoms with Crippen LogP contribution in [0.3, 0.4) is 0 Å². The number of aromatic amines is 1. The van der Waals surface area contributed by atoms with Crippen LogP contribution < -0.4 is 10.6 Å². The highest BCUT2D eigenvalue weighted by Crippen LogP contribution is 2.32. The highest BCUT2D eigenvalue weighted by atomic mass is 35.5. The van der Waals surface area contributed by atoms with E-state index in [2.05, 4.69) is 25.6 Å². The average Bonchev–Trinajstić information content (AvgIpc) is 3.20. The molecule has 1 aromatic carbocycles. The number of piperidine rings is 1. The second-order valence-electron chi connectivity index (χ2n) is 7.07. The molecule has 1 aliphatic rings. The largest absolute Gasteiger partial charge is 0.483 e. The molecule has 1 amide bonds. The van der Waals surface area contributed by atoms with Crippen molar-refractivity contribution in [2.45, 2.75) is 18.9 Å². The van der Waals surface area contributed by atoms with Crippen LogP contribution in [0.5, 0.6) is 0 Å². The molecule has 1 fully saturated rings. The predicted molar refractivity (Wildman–Crippen MR) is 120 cm³/mol. The molecule has 164 valence electrons. The molecular formula is C21H25ClN6O3. The quantitative estimate of drug-likeness (QED) is 0.446. The van der Waals surface area contributed by atoms with Gasteiger partial charge in [-0.15, -0.1) is 0 Å². The summed E-state index contributed by atoms with van der Waals surface area (Å²) >= 11 is 6.40. The first-order valence-electron chi connectivity index (χ1n) is 9.93. The Morgan fingerprint density at radius 3 is 2.77 bits per heavy atom. The van der Waals surface area contributed by atoms with Crippen molar-refractivity contribution in [2.24, 2.45) is 0 Å². The molecule has 0 saturated carbocycles. The standard InChI is InChI=1S/C20H23ClN6O.CH2O2/c1-22-12-18(28)27-8-6-13(7-9-27)25-20-24-11-16(21)19(26-20)15-10-23-17-5-3-2-4-14(15)17;2-1-3/h2-5,10-11,13,22-23H,6-9,12H2,1H3,(H,24,25,26);1H,(H,2,3). The average molecular weight is 445 g/mol. The number of halogens is 1. The van der Waals surface area contributed by atoms with Gasteiger partial charge in [0.1, 0.15) is 0 Å². The van der Waals surface area contributed by atoms with Gasteiger partial charge < -0.3 is 25.6 Å². The van der Waals surface area contributed by atoms with Gasteiger partial charge in [0.05, 0.1) is 23.5 Å². The summed E-state index contributed by atoms with van der Waals surface area (Å²) in [6, 6.07) is 8.29. The number of benzene rings is 1. The minimum absolute atomic E-state index is 0.144. The van der Waals surface area contributed by atoms with Crippen LogP contribution in [0.2, 0.25) is 5.02 Å². The molecule has 0 atom stereocenters. The highest BCUT2D eigenvalue weighted by Gasteiger charge is 2.23. The normalized spacial score (nSPS) is 14.1. The minimum atomic E-state index is -0.250. The highest BCUT2D eigenvalue weighted by molar-refractivity contribution is 6.33. The third kappa shape index (κ3) is 5.50. The number of aromatic nitrogens is 3. The molecule has 3 aromatic rings. The number of amides is 1. The van der Waals surface area contributed by atoms with Crippen molar-refractivity contribution in [3.05, 3.63) is 41.7 Å². The van der Waals surface area contributed by atoms with Crippen molar-refractivity contribution in [3.63, 3.8) is 0 Å². The number of fused-ring (bicyclic) bond motifs is 1. The molecule has 10 heteroatoms. The molecule has 4 N–H and O–H groups in total. The van der Waals surface area contributed by atoms with Crippen molar-refractivity contribution in [2.75, 3.05) is 32.0 Å². The first-order valence-corrected chi connectivity index (χ1v) is 10.3. The number of hydrogen-bond acceptors (Lipinski definition) is 6. The number of carbonyl (C=O) groups excluding carboxylic acids is 1. The second-order valence-corrected chi connectivity index (χ2v) is 7.48. The van der Waals surface area contributed by atoms with Gasteiger partial charge in [-0.2, -0.15) is 0 Å². The Labute approximate surface area is 184 Å². The maximum absolute atomic E-state index is 12.0. The van der Waals surface area contributed by atoms with E-state index in [-0.39, 0.29) is 18.4 Å². The first-order chi connectivity index (χ1) is 15.1. The number of carbonyl (C=O) groups is 2. The van der Waals surface area contributed by atoms with E-state index in [0.29, 0.717) is 23.2 Å². The molecule has 0 aliphatic carbocycles. The summed E-state index contributed by atoms with van der Waals surface area (Å²) in [7, 11) is 1.79. The van der Waals surface area contributed by atoms with E-state index in [1.165, 1.54) is 0 Å². The molecule has 31 heavy (non-hydrogen) atoms. The third-order valence-corrected chi connectivity index (χ3v) is 5.37. The molecule has 1 aliphatic heterocycles. The van der Waals surface area contributed by atoms with Gasteiger partial charge >= 0.3 is 0 Å². The van der Waals surface area contributed by atoms with Gasteiger partial charge in [-0.25, -0.2) is 9.97 Å². The number of H-pyrrole nitrogens is 1. The van der Waals surface area contributed by atoms with Crippen molar-refractivity contribution in [1.82, 2.24) is 25.2 Å². The summed E-state index contributed by atoms with van der Waals surface area (Å²) in [6.45, 7) is 1.61. The SMILES string of the molecule is CNCC(=O)N1CCC(Nc2ncc(Cl)c(-c3c[nH]c4ccccc34)n2)CC1.O=CO. The monoisotopic (exact) mass is 444 g/mol. The van der Waals surface area contributed by atoms with Crippen LogP contribution in [0.1, 0.15) is 12.8 Å². The summed E-state index contributed by atoms with van der Waals surface area (Å²) in [5.74, 6) is 0.704. The Hall–Kier alpha value is -3.17. The number of hydrogen-bond donors (Lipinski definition) is 4. The predicted octanol–water partition coefficient (Wildman–Crippen LogP) is 2.60. The van der Waals surface area contributed by atoms with Crippen LogP contribution in [0.25, 0.3) is 22.2 Å². The molecule has 1 saturated heterocycles. The van der Waals surface area contributed by atoms with Crippen LogP contribution in [0.15, 0.2) is 36.7 Å². The van der Waals surface area contributed by atoms with Gasteiger partial charge in [0, 0.05) is 41.8 Å². The van der Waals surface area contributed by atoms with Gasteiger partial charge in [-0.3, -0.25) is 9.59 Å². The lowest BCUT2D eigenvalue weighted by molar-refractivity contribution is -0.131. The van der Waals surface area contributed by atoms with Crippen molar-refractivity contribution >= 4 is 40.8 Å². The Morgan fingerprint density at radius 2 is 2.06 bits per heavy atom. The minimum Gasteiger partial charge on any atom is -0.483 e. The lowest BCUT2D eigenvalue weighted by atomic mass is 10.1. The van der Waals surface area contributed by atoms with E-state index in [9.17, 15) is 4.79 Å². The summed E-state index contributed by atoms with van der Waals surface area (Å²) in [5, 5.41) is 14.8. The Balaban J connectivity index is 0.000000858. The zero-order valence-electron chi connectivity index (χ0n) is 17.1. The van der Waals surface area contributed by atoms with Crippen molar-refractivity contribution in [1.29, 1.82) is 0 Å². The Kier molecular flexibility index (Phi) is 7.80. The number of para-hydroxylation sites is 1. The topological polar surface area (TPSA) is 123 Å². The van der Waals surface area contributed by atoms with Gasteiger partial charge in [0.15, 0.2) is 0 Å². The molecule has 2 aromatic heterocycles. The van der Waals surface area contributed by atoms with E-state index in [1.54, 1.807) is 13.2 Å². The molecule has 0 bridgehead atoms. The summed E-state index contributed by atoms with van der Waals surface area (Å²) < 4.78 is 0. The van der Waals surface area contributed by atoms with Crippen LogP contribution in [-0.2, 0) is 9.59 Å². The van der Waals surface area contributed by atoms with E-state index in [4.69, 9.17) is 21.5 Å². The van der Waals surface area contributed by atoms with Gasteiger partial charge in [0.2, 0.25) is 11.9 Å². The van der Waals surface area contributed by atoms with Crippen molar-refractivity contribution in [3.8, 4) is 11.3 Å². The molecule has 0 radical (unpaired) electrons. The second kappa shape index (κ2) is 10.7. The van der Waals surface area contributed by atoms with Crippen LogP contribution in [0.4, 0.5) is 5.95 Å². The number of likely N-dealkylation sites (N-methyl/N-ethyl adjacent to an activating group) is 1. The summed E-state index contributed by atoms with van der Waals surface area (Å²) in [5.41, 5.74) is 2.71. The summed E-state index contributed by atoms with van der Waals surface area (Å²) in [4.78, 5) is 34.5. The van der Waals surface area contributed by atoms with Crippen LogP contribution in [-0.4, -0.2) is 70.1 Å². The van der Waals surface area contributed by atoms with Crippen LogP contribution in [0, 0.1) is 0 Å². The van der Waals surface area contributed by atoms with Gasteiger partial charge in [-0.1, -0.05) is 29.8 Å². The van der Waals surface area contributed by atoms with E-state index in [1.807, 2.05) is 35.4 Å². The van der Waals surface area contributed by atoms with Crippen LogP contribution >= 0.6 is 11.6 Å². The first kappa shape index (κ1) is 22.5. The molecule has 3 heterocycles. The number of nitrogens with zero attached hydrogens (tertiary/aromatic N) is 3. The van der Waals surface area contributed by atoms with E-state index in [0.717, 1.165) is 42.4 Å². The molecule has 9 nitrogen and oxygen atoms in total. The molecular weight excluding hydrogens is 420 g/mol. The number of carboxylic acid groups (broad SMARTS) is 1. The summed E-state index contributed by atoms with van der Waals surface area (Å²) in [6.07, 6.45) is 5.29. The van der Waals surface area contributed by atoms with E-state index >= 15 is 0 Å². The number of anilines is 1. The zero-order chi connectivity index (χ0) is 22.2. The van der Waals surface area contributed by atoms with Gasteiger partial charge in [-0.05, 0) is 26.0 Å². The number of nitrogens with one attached hydrogen (secondary N) is 3. The smallest absolute Gasteiger partial charge is 0.290 e. The number of likely N-dealkylation sites (tertiary alicyclic amines) is 1. The Morgan fingerprint density at radius 1 is 1.35 bits per heavy atom. The lowest BCUT2D eigenvalue weighted by Gasteiger charge is -2.32. The van der Waals surface area contributed by atoms with Gasteiger partial charge in [0.25, 0.3) is 6.47 Å². The maximum atomic E-state index is 12.0. The lowest BCUT2D eigenvalue weighted by Crippen LogP contribution is -2.45. The third-order valence-electron chi connectivity index (χ3n) is 5.10. The van der Waals surface area contributed by atoms with E-state index < -0.39 is 0 Å². The molecule has 0 unspecified atom stereocenters. The fraction of sp³-hybridized carbons (Fsp3) is 0.333. The fourth-order valence-corrected chi connectivity index (χ4v) is 3.80. The maximum Gasteiger partial charge on any atom is 0.290 e. The van der Waals surface area contributed by atoms with Crippen molar-refractivity contribution < 1.29 is 14.7 Å². The Bertz CT molecular complexity index is 1030. The zero-order valence-corrected chi connectivity index (χ0v) is 17.9. The molecule has 4 rings (SSSR count). The fourth-order valence-electron chi connectivity index (χ4n) is 3.61. The number of rotatable bonds is 5.